The number of phenolic OH excluding ortho intramolecular Hbond substituents is 1. The van der Waals surface area contributed by atoms with Crippen LogP contribution in [0.15, 0.2) is 82.1 Å². The largest absolute Gasteiger partial charge is 0.504 e. The minimum Gasteiger partial charge on any atom is -0.504 e. The zero-order chi connectivity index (χ0) is 29.8. The molecule has 0 bridgehead atoms. The highest BCUT2D eigenvalue weighted by molar-refractivity contribution is 7.07. The van der Waals surface area contributed by atoms with Crippen LogP contribution in [-0.2, 0) is 16.1 Å². The molecule has 1 N–H and O–H groups in total. The number of aromatic hydroxyl groups is 1. The van der Waals surface area contributed by atoms with Crippen molar-refractivity contribution in [2.24, 2.45) is 4.99 Å². The van der Waals surface area contributed by atoms with Crippen LogP contribution in [-0.4, -0.2) is 36.5 Å². The van der Waals surface area contributed by atoms with E-state index >= 15 is 0 Å². The van der Waals surface area contributed by atoms with Crippen LogP contribution in [0.25, 0.3) is 11.8 Å². The number of esters is 1. The number of hydrogen-bond donors (Lipinski definition) is 1. The number of ether oxygens (including phenoxy) is 4. The van der Waals surface area contributed by atoms with Crippen LogP contribution in [0.2, 0.25) is 0 Å². The number of methoxy groups -OCH3 is 2. The Bertz CT molecular complexity index is 1840. The van der Waals surface area contributed by atoms with Crippen LogP contribution in [0.3, 0.4) is 0 Å². The number of aromatic nitrogens is 1. The Balaban J connectivity index is 1.59. The van der Waals surface area contributed by atoms with Crippen LogP contribution in [0, 0.1) is 0 Å². The summed E-state index contributed by atoms with van der Waals surface area (Å²) in [5, 5.41) is 9.94. The fraction of sp³-hybridized carbons (Fsp3) is 0.219. The molecule has 0 aliphatic carbocycles. The van der Waals surface area contributed by atoms with Crippen LogP contribution in [0.1, 0.15) is 36.6 Å². The molecule has 0 radical (unpaired) electrons. The van der Waals surface area contributed by atoms with Gasteiger partial charge in [-0.15, -0.1) is 0 Å². The number of carbonyl (C=O) groups is 1. The van der Waals surface area contributed by atoms with Gasteiger partial charge in [0.15, 0.2) is 27.8 Å². The summed E-state index contributed by atoms with van der Waals surface area (Å²) in [4.78, 5) is 32.1. The molecule has 9 nitrogen and oxygen atoms in total. The Labute approximate surface area is 246 Å². The van der Waals surface area contributed by atoms with E-state index in [4.69, 9.17) is 23.9 Å². The first-order valence-corrected chi connectivity index (χ1v) is 14.1. The number of phenols is 1. The van der Waals surface area contributed by atoms with Crippen molar-refractivity contribution in [1.82, 2.24) is 4.57 Å². The number of carbonyl (C=O) groups excluding carboxylic acids is 1. The van der Waals surface area contributed by atoms with Crippen molar-refractivity contribution in [3.05, 3.63) is 109 Å². The van der Waals surface area contributed by atoms with E-state index in [1.807, 2.05) is 36.4 Å². The third kappa shape index (κ3) is 5.66. The van der Waals surface area contributed by atoms with E-state index < -0.39 is 12.0 Å². The highest BCUT2D eigenvalue weighted by Gasteiger charge is 2.32. The van der Waals surface area contributed by atoms with E-state index in [1.54, 1.807) is 51.3 Å². The predicted octanol–water partition coefficient (Wildman–Crippen LogP) is 4.21. The molecule has 216 valence electrons. The molecular formula is C32H30N2O7S. The fourth-order valence-corrected chi connectivity index (χ4v) is 5.74. The summed E-state index contributed by atoms with van der Waals surface area (Å²) in [6, 6.07) is 19.3. The average Bonchev–Trinajstić information content (AvgIpc) is 3.32. The standard InChI is InChI=1S/C32H30N2O7S/c1-5-40-31(37)28-19(2)34-30(36)27(16-21-11-13-23(35)25(15-21)38-3)42-32(34)33-29(28)22-12-14-24(26(17-22)39-4)41-18-20-9-7-6-8-10-20/h6-17,29,35H,5,18H2,1-4H3/b27-16-/t29-/m0/s1. The van der Waals surface area contributed by atoms with Crippen molar-refractivity contribution in [2.45, 2.75) is 26.5 Å². The summed E-state index contributed by atoms with van der Waals surface area (Å²) < 4.78 is 24.1. The van der Waals surface area contributed by atoms with Crippen LogP contribution in [0.5, 0.6) is 23.0 Å². The molecular weight excluding hydrogens is 556 g/mol. The van der Waals surface area contributed by atoms with E-state index in [9.17, 15) is 14.7 Å². The molecule has 1 aromatic heterocycles. The lowest BCUT2D eigenvalue weighted by molar-refractivity contribution is -0.138. The lowest BCUT2D eigenvalue weighted by Gasteiger charge is -2.23. The molecule has 0 saturated carbocycles. The smallest absolute Gasteiger partial charge is 0.338 e. The van der Waals surface area contributed by atoms with Gasteiger partial charge in [-0.3, -0.25) is 9.36 Å². The Morgan fingerprint density at radius 2 is 1.79 bits per heavy atom. The number of nitrogens with zero attached hydrogens (tertiary/aromatic N) is 2. The molecule has 1 atom stereocenters. The maximum absolute atomic E-state index is 13.5. The highest BCUT2D eigenvalue weighted by atomic mass is 32.1. The molecule has 0 fully saturated rings. The Kier molecular flexibility index (Phi) is 8.44. The number of allylic oxidation sites excluding steroid dienone is 1. The van der Waals surface area contributed by atoms with Gasteiger partial charge in [-0.2, -0.15) is 0 Å². The number of benzene rings is 3. The maximum Gasteiger partial charge on any atom is 0.338 e. The Morgan fingerprint density at radius 3 is 2.50 bits per heavy atom. The SMILES string of the molecule is CCOC(=O)C1=C(C)n2c(s/c(=C\c3ccc(O)c(OC)c3)c2=O)=N[C@H]1c1ccc(OCc2ccccc2)c(OC)c1. The minimum atomic E-state index is -0.735. The zero-order valence-corrected chi connectivity index (χ0v) is 24.4. The molecule has 3 aromatic carbocycles. The molecule has 5 rings (SSSR count). The molecule has 4 aromatic rings. The molecule has 0 saturated heterocycles. The number of fused-ring (bicyclic) bond motifs is 1. The molecule has 42 heavy (non-hydrogen) atoms. The second-order valence-corrected chi connectivity index (χ2v) is 10.4. The molecule has 0 spiro atoms. The molecule has 10 heteroatoms. The highest BCUT2D eigenvalue weighted by Crippen LogP contribution is 2.37. The minimum absolute atomic E-state index is 0.000503. The van der Waals surface area contributed by atoms with Gasteiger partial charge in [-0.1, -0.05) is 53.8 Å². The van der Waals surface area contributed by atoms with Crippen molar-refractivity contribution in [3.8, 4) is 23.0 Å². The van der Waals surface area contributed by atoms with Gasteiger partial charge < -0.3 is 24.1 Å². The van der Waals surface area contributed by atoms with Crippen LogP contribution in [0.4, 0.5) is 0 Å². The Hall–Kier alpha value is -4.83. The predicted molar refractivity (Wildman–Crippen MR) is 160 cm³/mol. The second kappa shape index (κ2) is 12.4. The zero-order valence-electron chi connectivity index (χ0n) is 23.6. The molecule has 0 unspecified atom stereocenters. The van der Waals surface area contributed by atoms with E-state index in [0.717, 1.165) is 5.56 Å². The molecule has 1 aliphatic rings. The van der Waals surface area contributed by atoms with E-state index in [0.29, 0.717) is 50.0 Å². The van der Waals surface area contributed by atoms with Gasteiger partial charge in [0, 0.05) is 5.70 Å². The van der Waals surface area contributed by atoms with Gasteiger partial charge in [0.05, 0.1) is 30.9 Å². The van der Waals surface area contributed by atoms with Crippen molar-refractivity contribution in [2.75, 3.05) is 20.8 Å². The van der Waals surface area contributed by atoms with Crippen LogP contribution >= 0.6 is 11.3 Å². The summed E-state index contributed by atoms with van der Waals surface area (Å²) in [5.74, 6) is 0.780. The lowest BCUT2D eigenvalue weighted by Crippen LogP contribution is -2.35. The van der Waals surface area contributed by atoms with Crippen LogP contribution < -0.4 is 29.1 Å². The topological polar surface area (TPSA) is 109 Å². The molecule has 2 heterocycles. The summed E-state index contributed by atoms with van der Waals surface area (Å²) in [7, 11) is 3.01. The second-order valence-electron chi connectivity index (χ2n) is 9.40. The Morgan fingerprint density at radius 1 is 1.02 bits per heavy atom. The van der Waals surface area contributed by atoms with E-state index in [2.05, 4.69) is 0 Å². The van der Waals surface area contributed by atoms with E-state index in [-0.39, 0.29) is 23.5 Å². The van der Waals surface area contributed by atoms with Gasteiger partial charge in [0.2, 0.25) is 0 Å². The average molecular weight is 587 g/mol. The fourth-order valence-electron chi connectivity index (χ4n) is 4.70. The number of rotatable bonds is 9. The summed E-state index contributed by atoms with van der Waals surface area (Å²) in [6.07, 6.45) is 1.70. The van der Waals surface area contributed by atoms with Gasteiger partial charge in [-0.05, 0) is 60.9 Å². The number of hydrogen-bond acceptors (Lipinski definition) is 9. The van der Waals surface area contributed by atoms with Crippen molar-refractivity contribution >= 4 is 29.1 Å². The van der Waals surface area contributed by atoms with Gasteiger partial charge in [-0.25, -0.2) is 9.79 Å². The first kappa shape index (κ1) is 28.7. The summed E-state index contributed by atoms with van der Waals surface area (Å²) in [6.45, 7) is 3.98. The van der Waals surface area contributed by atoms with Crippen molar-refractivity contribution < 1.29 is 28.8 Å². The first-order chi connectivity index (χ1) is 20.3. The van der Waals surface area contributed by atoms with Gasteiger partial charge in [0.25, 0.3) is 5.56 Å². The third-order valence-corrected chi connectivity index (χ3v) is 7.76. The van der Waals surface area contributed by atoms with Gasteiger partial charge in [0.1, 0.15) is 12.6 Å². The van der Waals surface area contributed by atoms with Crippen molar-refractivity contribution in [1.29, 1.82) is 0 Å². The lowest BCUT2D eigenvalue weighted by atomic mass is 9.96. The quantitative estimate of drug-likeness (QED) is 0.293. The summed E-state index contributed by atoms with van der Waals surface area (Å²) in [5.41, 5.74) is 2.76. The summed E-state index contributed by atoms with van der Waals surface area (Å²) >= 11 is 1.21. The third-order valence-electron chi connectivity index (χ3n) is 6.78. The van der Waals surface area contributed by atoms with E-state index in [1.165, 1.54) is 29.1 Å². The van der Waals surface area contributed by atoms with Crippen molar-refractivity contribution in [3.63, 3.8) is 0 Å². The molecule has 1 aliphatic heterocycles. The normalized spacial score (nSPS) is 14.7. The van der Waals surface area contributed by atoms with Gasteiger partial charge >= 0.3 is 5.97 Å². The maximum atomic E-state index is 13.5. The monoisotopic (exact) mass is 586 g/mol. The first-order valence-electron chi connectivity index (χ1n) is 13.3. The number of thiazole rings is 1. The molecule has 0 amide bonds.